The van der Waals surface area contributed by atoms with Gasteiger partial charge in [-0.15, -0.1) is 11.3 Å². The molecule has 2 aromatic heterocycles. The third kappa shape index (κ3) is 2.66. The number of hydrogen-bond acceptors (Lipinski definition) is 4. The highest BCUT2D eigenvalue weighted by Crippen LogP contribution is 2.29. The van der Waals surface area contributed by atoms with E-state index in [-0.39, 0.29) is 23.1 Å². The van der Waals surface area contributed by atoms with Crippen molar-refractivity contribution in [2.24, 2.45) is 0 Å². The van der Waals surface area contributed by atoms with E-state index in [1.807, 2.05) is 30.3 Å². The topological polar surface area (TPSA) is 54.7 Å². The Bertz CT molecular complexity index is 912. The number of fused-ring (bicyclic) bond motifs is 1. The molecule has 1 aromatic carbocycles. The predicted molar refractivity (Wildman–Crippen MR) is 88.7 cm³/mol. The highest BCUT2D eigenvalue weighted by atomic mass is 32.1. The Morgan fingerprint density at radius 2 is 2.09 bits per heavy atom. The Hall–Kier alpha value is -2.47. The lowest BCUT2D eigenvalue weighted by atomic mass is 10.2. The first-order valence-corrected chi connectivity index (χ1v) is 8.42. The first kappa shape index (κ1) is 14.1. The van der Waals surface area contributed by atoms with E-state index < -0.39 is 0 Å². The van der Waals surface area contributed by atoms with Gasteiger partial charge in [0.05, 0.1) is 0 Å². The molecular weight excluding hydrogens is 310 g/mol. The van der Waals surface area contributed by atoms with Gasteiger partial charge in [-0.1, -0.05) is 30.3 Å². The van der Waals surface area contributed by atoms with Gasteiger partial charge in [0.25, 0.3) is 11.5 Å². The molecule has 0 spiro atoms. The van der Waals surface area contributed by atoms with E-state index in [1.165, 1.54) is 21.9 Å². The van der Waals surface area contributed by atoms with Crippen LogP contribution >= 0.6 is 11.3 Å². The highest BCUT2D eigenvalue weighted by molar-refractivity contribution is 7.15. The van der Waals surface area contributed by atoms with Gasteiger partial charge in [0.1, 0.15) is 5.56 Å². The van der Waals surface area contributed by atoms with Crippen molar-refractivity contribution < 1.29 is 4.79 Å². The molecule has 1 aliphatic rings. The van der Waals surface area contributed by atoms with Gasteiger partial charge in [-0.2, -0.15) is 0 Å². The SMILES string of the molecule is O=C(c1cnc2sccn2c1=O)N(Cc1ccccc1)C1CC1. The van der Waals surface area contributed by atoms with Crippen LogP contribution in [0, 0.1) is 0 Å². The molecule has 5 nitrogen and oxygen atoms in total. The van der Waals surface area contributed by atoms with Crippen LogP contribution in [0.15, 0.2) is 52.9 Å². The molecule has 0 aliphatic heterocycles. The molecule has 2 heterocycles. The number of nitrogens with zero attached hydrogens (tertiary/aromatic N) is 3. The minimum Gasteiger partial charge on any atom is -0.331 e. The number of hydrogen-bond donors (Lipinski definition) is 0. The van der Waals surface area contributed by atoms with E-state index in [9.17, 15) is 9.59 Å². The van der Waals surface area contributed by atoms with E-state index in [0.29, 0.717) is 11.5 Å². The summed E-state index contributed by atoms with van der Waals surface area (Å²) < 4.78 is 1.44. The maximum atomic E-state index is 12.9. The molecule has 3 aromatic rings. The van der Waals surface area contributed by atoms with Crippen molar-refractivity contribution in [2.45, 2.75) is 25.4 Å². The van der Waals surface area contributed by atoms with E-state index in [4.69, 9.17) is 0 Å². The summed E-state index contributed by atoms with van der Waals surface area (Å²) >= 11 is 1.38. The highest BCUT2D eigenvalue weighted by Gasteiger charge is 2.34. The monoisotopic (exact) mass is 325 g/mol. The zero-order chi connectivity index (χ0) is 15.8. The summed E-state index contributed by atoms with van der Waals surface area (Å²) in [6, 6.07) is 10.1. The zero-order valence-electron chi connectivity index (χ0n) is 12.4. The van der Waals surface area contributed by atoms with Crippen LogP contribution in [0.3, 0.4) is 0 Å². The Morgan fingerprint density at radius 1 is 1.30 bits per heavy atom. The Labute approximate surface area is 136 Å². The van der Waals surface area contributed by atoms with Crippen LogP contribution in [0.5, 0.6) is 0 Å². The summed E-state index contributed by atoms with van der Waals surface area (Å²) in [5.74, 6) is -0.227. The molecule has 1 fully saturated rings. The Kier molecular flexibility index (Phi) is 3.46. The van der Waals surface area contributed by atoms with Crippen molar-refractivity contribution in [3.63, 3.8) is 0 Å². The summed E-state index contributed by atoms with van der Waals surface area (Å²) in [5, 5.41) is 1.79. The van der Waals surface area contributed by atoms with Gasteiger partial charge in [0.2, 0.25) is 0 Å². The largest absolute Gasteiger partial charge is 0.331 e. The van der Waals surface area contributed by atoms with Gasteiger partial charge in [-0.3, -0.25) is 14.0 Å². The van der Waals surface area contributed by atoms with Gasteiger partial charge < -0.3 is 4.90 Å². The lowest BCUT2D eigenvalue weighted by molar-refractivity contribution is 0.0727. The number of carbonyl (C=O) groups excluding carboxylic acids is 1. The van der Waals surface area contributed by atoms with E-state index in [2.05, 4.69) is 4.98 Å². The van der Waals surface area contributed by atoms with Gasteiger partial charge in [-0.05, 0) is 18.4 Å². The van der Waals surface area contributed by atoms with Gasteiger partial charge in [-0.25, -0.2) is 4.98 Å². The second-order valence-electron chi connectivity index (χ2n) is 5.68. The van der Waals surface area contributed by atoms with Crippen molar-refractivity contribution in [2.75, 3.05) is 0 Å². The first-order valence-electron chi connectivity index (χ1n) is 7.54. The number of aromatic nitrogens is 2. The smallest absolute Gasteiger partial charge is 0.271 e. The zero-order valence-corrected chi connectivity index (χ0v) is 13.2. The number of amides is 1. The van der Waals surface area contributed by atoms with Crippen molar-refractivity contribution in [1.29, 1.82) is 0 Å². The van der Waals surface area contributed by atoms with Crippen LogP contribution in [0.4, 0.5) is 0 Å². The molecule has 0 atom stereocenters. The lowest BCUT2D eigenvalue weighted by Gasteiger charge is -2.22. The molecule has 4 rings (SSSR count). The summed E-state index contributed by atoms with van der Waals surface area (Å²) in [5.41, 5.74) is 0.918. The van der Waals surface area contributed by atoms with Crippen LogP contribution in [0.1, 0.15) is 28.8 Å². The minimum atomic E-state index is -0.292. The molecular formula is C17H15N3O2S. The molecule has 0 bridgehead atoms. The number of benzene rings is 1. The average Bonchev–Trinajstić information content (AvgIpc) is 3.30. The fourth-order valence-electron chi connectivity index (χ4n) is 2.66. The van der Waals surface area contributed by atoms with Crippen molar-refractivity contribution in [3.05, 3.63) is 69.6 Å². The standard InChI is InChI=1S/C17H15N3O2S/c21-15-14(10-18-17-19(15)8-9-23-17)16(22)20(13-6-7-13)11-12-4-2-1-3-5-12/h1-5,8-10,13H,6-7,11H2. The average molecular weight is 325 g/mol. The number of thiazole rings is 1. The molecule has 0 unspecified atom stereocenters. The van der Waals surface area contributed by atoms with Crippen LogP contribution in [0.25, 0.3) is 4.96 Å². The number of carbonyl (C=O) groups is 1. The Morgan fingerprint density at radius 3 is 2.83 bits per heavy atom. The summed E-state index contributed by atoms with van der Waals surface area (Å²) in [6.45, 7) is 0.524. The summed E-state index contributed by atoms with van der Waals surface area (Å²) in [7, 11) is 0. The third-order valence-electron chi connectivity index (χ3n) is 4.02. The van der Waals surface area contributed by atoms with Crippen LogP contribution in [-0.4, -0.2) is 26.2 Å². The van der Waals surface area contributed by atoms with Crippen molar-refractivity contribution in [3.8, 4) is 0 Å². The molecule has 1 saturated carbocycles. The maximum Gasteiger partial charge on any atom is 0.271 e. The van der Waals surface area contributed by atoms with Crippen LogP contribution in [0.2, 0.25) is 0 Å². The molecule has 1 amide bonds. The number of rotatable bonds is 4. The second-order valence-corrected chi connectivity index (χ2v) is 6.56. The lowest BCUT2D eigenvalue weighted by Crippen LogP contribution is -2.36. The molecule has 116 valence electrons. The van der Waals surface area contributed by atoms with E-state index in [0.717, 1.165) is 18.4 Å². The normalized spacial score (nSPS) is 14.1. The Balaban J connectivity index is 1.69. The molecule has 0 N–H and O–H groups in total. The van der Waals surface area contributed by atoms with Gasteiger partial charge in [0, 0.05) is 30.4 Å². The fourth-order valence-corrected chi connectivity index (χ4v) is 3.33. The fraction of sp³-hybridized carbons (Fsp3) is 0.235. The summed E-state index contributed by atoms with van der Waals surface area (Å²) in [6.07, 6.45) is 5.06. The quantitative estimate of drug-likeness (QED) is 0.741. The molecule has 0 saturated heterocycles. The molecule has 23 heavy (non-hydrogen) atoms. The van der Waals surface area contributed by atoms with Crippen molar-refractivity contribution >= 4 is 22.2 Å². The van der Waals surface area contributed by atoms with Gasteiger partial charge >= 0.3 is 0 Å². The summed E-state index contributed by atoms with van der Waals surface area (Å²) in [4.78, 5) is 32.0. The molecule has 0 radical (unpaired) electrons. The van der Waals surface area contributed by atoms with Gasteiger partial charge in [0.15, 0.2) is 4.96 Å². The molecule has 1 aliphatic carbocycles. The van der Waals surface area contributed by atoms with Crippen molar-refractivity contribution in [1.82, 2.24) is 14.3 Å². The van der Waals surface area contributed by atoms with E-state index in [1.54, 1.807) is 16.5 Å². The minimum absolute atomic E-state index is 0.142. The predicted octanol–water partition coefficient (Wildman–Crippen LogP) is 2.56. The first-order chi connectivity index (χ1) is 11.2. The van der Waals surface area contributed by atoms with Crippen LogP contribution in [-0.2, 0) is 6.54 Å². The maximum absolute atomic E-state index is 12.9. The third-order valence-corrected chi connectivity index (χ3v) is 4.79. The van der Waals surface area contributed by atoms with Crippen LogP contribution < -0.4 is 5.56 Å². The molecule has 6 heteroatoms. The second kappa shape index (κ2) is 5.62. The van der Waals surface area contributed by atoms with E-state index >= 15 is 0 Å².